The Hall–Kier alpha value is -2.79. The van der Waals surface area contributed by atoms with Crippen LogP contribution in [-0.2, 0) is 13.0 Å². The molecule has 0 unspecified atom stereocenters. The van der Waals surface area contributed by atoms with Gasteiger partial charge >= 0.3 is 5.69 Å². The van der Waals surface area contributed by atoms with Gasteiger partial charge in [0.05, 0.1) is 23.6 Å². The maximum absolute atomic E-state index is 11.1. The molecule has 124 valence electrons. The summed E-state index contributed by atoms with van der Waals surface area (Å²) in [5.74, 6) is 0.272. The molecule has 8 heteroatoms. The fourth-order valence-electron chi connectivity index (χ4n) is 2.89. The molecule has 2 aromatic rings. The second kappa shape index (κ2) is 6.37. The predicted molar refractivity (Wildman–Crippen MR) is 92.5 cm³/mol. The maximum atomic E-state index is 11.1. The first-order chi connectivity index (χ1) is 11.5. The molecule has 2 heterocycles. The molecule has 24 heavy (non-hydrogen) atoms. The fraction of sp³-hybridized carbons (Fsp3) is 0.312. The van der Waals surface area contributed by atoms with E-state index in [1.807, 2.05) is 0 Å². The zero-order valence-electron chi connectivity index (χ0n) is 13.1. The zero-order chi connectivity index (χ0) is 17.3. The van der Waals surface area contributed by atoms with Gasteiger partial charge in [-0.15, -0.1) is 11.3 Å². The number of hydrogen-bond donors (Lipinski definition) is 1. The van der Waals surface area contributed by atoms with Crippen molar-refractivity contribution in [2.75, 3.05) is 23.8 Å². The summed E-state index contributed by atoms with van der Waals surface area (Å²) in [6.45, 7) is 3.51. The number of nitro groups is 1. The van der Waals surface area contributed by atoms with Gasteiger partial charge < -0.3 is 15.4 Å². The summed E-state index contributed by atoms with van der Waals surface area (Å²) in [5.41, 5.74) is 8.36. The highest BCUT2D eigenvalue weighted by Gasteiger charge is 2.25. The van der Waals surface area contributed by atoms with Crippen LogP contribution in [0.1, 0.15) is 22.9 Å². The lowest BCUT2D eigenvalue weighted by Gasteiger charge is -2.29. The molecule has 1 aliphatic rings. The molecule has 0 bridgehead atoms. The van der Waals surface area contributed by atoms with Crippen LogP contribution in [0.25, 0.3) is 0 Å². The number of benzene rings is 1. The van der Waals surface area contributed by atoms with Gasteiger partial charge in [0.1, 0.15) is 11.1 Å². The van der Waals surface area contributed by atoms with E-state index in [0.29, 0.717) is 23.7 Å². The molecule has 2 N–H and O–H groups in total. The Balaban J connectivity index is 1.92. The van der Waals surface area contributed by atoms with Crippen LogP contribution in [-0.4, -0.2) is 18.1 Å². The third-order valence-corrected chi connectivity index (χ3v) is 5.05. The van der Waals surface area contributed by atoms with Crippen molar-refractivity contribution in [3.05, 3.63) is 44.3 Å². The van der Waals surface area contributed by atoms with E-state index in [4.69, 9.17) is 10.5 Å². The quantitative estimate of drug-likeness (QED) is 0.675. The van der Waals surface area contributed by atoms with E-state index in [9.17, 15) is 15.4 Å². The van der Waals surface area contributed by atoms with E-state index in [1.54, 1.807) is 19.1 Å². The van der Waals surface area contributed by atoms with Crippen LogP contribution < -0.4 is 15.4 Å². The Morgan fingerprint density at radius 2 is 2.33 bits per heavy atom. The highest BCUT2D eigenvalue weighted by Crippen LogP contribution is 2.38. The predicted octanol–water partition coefficient (Wildman–Crippen LogP) is 3.07. The second-order valence-corrected chi connectivity index (χ2v) is 6.51. The van der Waals surface area contributed by atoms with Crippen molar-refractivity contribution in [1.82, 2.24) is 0 Å². The number of nitriles is 1. The van der Waals surface area contributed by atoms with Crippen LogP contribution in [0.15, 0.2) is 18.2 Å². The van der Waals surface area contributed by atoms with Crippen LogP contribution in [0.5, 0.6) is 5.75 Å². The Morgan fingerprint density at radius 1 is 1.54 bits per heavy atom. The summed E-state index contributed by atoms with van der Waals surface area (Å²) in [5, 5.41) is 20.9. The molecule has 0 fully saturated rings. The number of nitro benzene ring substituents is 1. The fourth-order valence-corrected chi connectivity index (χ4v) is 3.97. The first-order valence-electron chi connectivity index (χ1n) is 7.51. The van der Waals surface area contributed by atoms with Gasteiger partial charge in [-0.05, 0) is 25.0 Å². The highest BCUT2D eigenvalue weighted by molar-refractivity contribution is 7.16. The van der Waals surface area contributed by atoms with Crippen molar-refractivity contribution in [3.63, 3.8) is 0 Å². The van der Waals surface area contributed by atoms with Gasteiger partial charge in [0.2, 0.25) is 0 Å². The average Bonchev–Trinajstić information content (AvgIpc) is 2.88. The Morgan fingerprint density at radius 3 is 3.00 bits per heavy atom. The van der Waals surface area contributed by atoms with Crippen LogP contribution in [0.4, 0.5) is 16.4 Å². The first kappa shape index (κ1) is 16.1. The standard InChI is InChI=1S/C16H16N4O3S/c1-2-23-14-7-10(3-4-13(14)20(21)22)19-6-5-11-12(8-17)16(18)24-15(11)9-19/h3-4,7H,2,5-6,9,18H2,1H3. The number of ether oxygens (including phenoxy) is 1. The summed E-state index contributed by atoms with van der Waals surface area (Å²) in [6.07, 6.45) is 0.729. The number of nitrogen functional groups attached to an aromatic ring is 1. The van der Waals surface area contributed by atoms with Crippen LogP contribution in [0.3, 0.4) is 0 Å². The molecule has 0 aliphatic carbocycles. The monoisotopic (exact) mass is 344 g/mol. The number of nitrogens with two attached hydrogens (primary N) is 1. The number of fused-ring (bicyclic) bond motifs is 1. The topological polar surface area (TPSA) is 105 Å². The molecule has 0 amide bonds. The van der Waals surface area contributed by atoms with Crippen molar-refractivity contribution in [1.29, 1.82) is 5.26 Å². The van der Waals surface area contributed by atoms with E-state index in [-0.39, 0.29) is 11.4 Å². The summed E-state index contributed by atoms with van der Waals surface area (Å²) in [6, 6.07) is 7.08. The molecule has 1 aromatic carbocycles. The van der Waals surface area contributed by atoms with Gasteiger partial charge in [-0.25, -0.2) is 0 Å². The summed E-state index contributed by atoms with van der Waals surface area (Å²) < 4.78 is 5.41. The second-order valence-electron chi connectivity index (χ2n) is 5.37. The first-order valence-corrected chi connectivity index (χ1v) is 8.33. The van der Waals surface area contributed by atoms with Crippen molar-refractivity contribution >= 4 is 27.7 Å². The molecule has 3 rings (SSSR count). The van der Waals surface area contributed by atoms with Crippen molar-refractivity contribution < 1.29 is 9.66 Å². The molecule has 7 nitrogen and oxygen atoms in total. The number of nitrogens with zero attached hydrogens (tertiary/aromatic N) is 3. The Labute approximate surface area is 143 Å². The number of hydrogen-bond acceptors (Lipinski definition) is 7. The zero-order valence-corrected chi connectivity index (χ0v) is 13.9. The third-order valence-electron chi connectivity index (χ3n) is 4.00. The lowest BCUT2D eigenvalue weighted by atomic mass is 10.0. The number of thiophene rings is 1. The lowest BCUT2D eigenvalue weighted by Crippen LogP contribution is -2.29. The van der Waals surface area contributed by atoms with Crippen LogP contribution in [0.2, 0.25) is 0 Å². The third kappa shape index (κ3) is 2.74. The Kier molecular flexibility index (Phi) is 4.27. The molecular weight excluding hydrogens is 328 g/mol. The van der Waals surface area contributed by atoms with E-state index in [0.717, 1.165) is 29.1 Å². The molecule has 0 saturated carbocycles. The van der Waals surface area contributed by atoms with Gasteiger partial charge in [0.25, 0.3) is 0 Å². The van der Waals surface area contributed by atoms with Crippen LogP contribution >= 0.6 is 11.3 Å². The largest absolute Gasteiger partial charge is 0.487 e. The van der Waals surface area contributed by atoms with Gasteiger partial charge in [0.15, 0.2) is 5.75 Å². The molecule has 0 saturated heterocycles. The van der Waals surface area contributed by atoms with E-state index in [2.05, 4.69) is 11.0 Å². The Bertz CT molecular complexity index is 841. The van der Waals surface area contributed by atoms with Crippen molar-refractivity contribution in [3.8, 4) is 11.8 Å². The normalized spacial score (nSPS) is 13.2. The van der Waals surface area contributed by atoms with E-state index in [1.165, 1.54) is 17.4 Å². The molecule has 0 spiro atoms. The van der Waals surface area contributed by atoms with Crippen molar-refractivity contribution in [2.24, 2.45) is 0 Å². The van der Waals surface area contributed by atoms with E-state index < -0.39 is 4.92 Å². The summed E-state index contributed by atoms with van der Waals surface area (Å²) >= 11 is 1.44. The van der Waals surface area contributed by atoms with Gasteiger partial charge in [-0.1, -0.05) is 0 Å². The molecule has 1 aromatic heterocycles. The van der Waals surface area contributed by atoms with Crippen molar-refractivity contribution in [2.45, 2.75) is 19.9 Å². The molecular formula is C16H16N4O3S. The minimum atomic E-state index is -0.442. The lowest BCUT2D eigenvalue weighted by molar-refractivity contribution is -0.385. The van der Waals surface area contributed by atoms with Gasteiger partial charge in [-0.2, -0.15) is 5.26 Å². The molecule has 0 radical (unpaired) electrons. The van der Waals surface area contributed by atoms with Gasteiger partial charge in [0, 0.05) is 29.2 Å². The van der Waals surface area contributed by atoms with Gasteiger partial charge in [-0.3, -0.25) is 10.1 Å². The average molecular weight is 344 g/mol. The SMILES string of the molecule is CCOc1cc(N2CCc3c(sc(N)c3C#N)C2)ccc1[N+](=O)[O-]. The number of rotatable bonds is 4. The minimum Gasteiger partial charge on any atom is -0.487 e. The molecule has 1 aliphatic heterocycles. The molecule has 0 atom stereocenters. The maximum Gasteiger partial charge on any atom is 0.311 e. The minimum absolute atomic E-state index is 0.0366. The number of anilines is 2. The van der Waals surface area contributed by atoms with E-state index >= 15 is 0 Å². The summed E-state index contributed by atoms with van der Waals surface area (Å²) in [4.78, 5) is 13.8. The smallest absolute Gasteiger partial charge is 0.311 e. The van der Waals surface area contributed by atoms with Crippen LogP contribution in [0, 0.1) is 21.4 Å². The summed E-state index contributed by atoms with van der Waals surface area (Å²) in [7, 11) is 0. The highest BCUT2D eigenvalue weighted by atomic mass is 32.1.